The number of benzene rings is 1. The number of hydrogen-bond acceptors (Lipinski definition) is 5. The molecule has 6 nitrogen and oxygen atoms in total. The van der Waals surface area contributed by atoms with Crippen molar-refractivity contribution in [3.8, 4) is 0 Å². The number of amides is 1. The zero-order valence-electron chi connectivity index (χ0n) is 15.0. The van der Waals surface area contributed by atoms with Crippen LogP contribution in [0, 0.1) is 5.41 Å². The third-order valence-corrected chi connectivity index (χ3v) is 3.30. The lowest BCUT2D eigenvalue weighted by molar-refractivity contribution is -0.137. The fourth-order valence-electron chi connectivity index (χ4n) is 1.84. The van der Waals surface area contributed by atoms with Gasteiger partial charge < -0.3 is 14.4 Å². The summed E-state index contributed by atoms with van der Waals surface area (Å²) in [7, 11) is 1.58. The maximum atomic E-state index is 12.0. The van der Waals surface area contributed by atoms with Crippen molar-refractivity contribution in [2.24, 2.45) is 0 Å². The Labute approximate surface area is 143 Å². The molecule has 0 unspecified atom stereocenters. The Balaban J connectivity index is 2.47. The average Bonchev–Trinajstić information content (AvgIpc) is 2.50. The largest absolute Gasteiger partial charge is 0.456 e. The molecule has 24 heavy (non-hydrogen) atoms. The van der Waals surface area contributed by atoms with E-state index >= 15 is 0 Å². The molecule has 1 aromatic carbocycles. The van der Waals surface area contributed by atoms with Gasteiger partial charge in [-0.3, -0.25) is 5.41 Å². The van der Waals surface area contributed by atoms with Gasteiger partial charge in [0.2, 0.25) is 0 Å². The van der Waals surface area contributed by atoms with Crippen LogP contribution in [0.2, 0.25) is 0 Å². The molecule has 0 aliphatic heterocycles. The summed E-state index contributed by atoms with van der Waals surface area (Å²) in [5.41, 5.74) is 0.0964. The van der Waals surface area contributed by atoms with E-state index in [4.69, 9.17) is 14.9 Å². The van der Waals surface area contributed by atoms with Crippen LogP contribution in [-0.4, -0.2) is 41.4 Å². The zero-order chi connectivity index (χ0) is 18.3. The summed E-state index contributed by atoms with van der Waals surface area (Å²) in [6.45, 7) is 7.23. The van der Waals surface area contributed by atoms with Crippen LogP contribution in [0.25, 0.3) is 0 Å². The van der Waals surface area contributed by atoms with Crippen molar-refractivity contribution in [3.63, 3.8) is 0 Å². The summed E-state index contributed by atoms with van der Waals surface area (Å²) in [5.74, 6) is -0.678. The normalized spacial score (nSPS) is 12.2. The van der Waals surface area contributed by atoms with E-state index < -0.39 is 17.7 Å². The highest BCUT2D eigenvalue weighted by Crippen LogP contribution is 2.12. The third kappa shape index (κ3) is 6.81. The molecular formula is C18H26N2O4. The van der Waals surface area contributed by atoms with E-state index in [1.807, 2.05) is 30.3 Å². The van der Waals surface area contributed by atoms with Gasteiger partial charge in [-0.1, -0.05) is 30.3 Å². The fourth-order valence-corrected chi connectivity index (χ4v) is 1.84. The van der Waals surface area contributed by atoms with Gasteiger partial charge in [-0.25, -0.2) is 9.59 Å². The molecule has 1 rings (SSSR count). The second kappa shape index (κ2) is 8.47. The van der Waals surface area contributed by atoms with Gasteiger partial charge in [0, 0.05) is 19.5 Å². The standard InChI is InChI=1S/C18H26N2O4/c1-13(20(5)17(22)24-18(2,3)4)11-15(19)16(21)23-12-14-9-7-6-8-10-14/h6-10,13,19H,11-12H2,1-5H3/t13-/m0/s1. The number of hydrogen-bond donors (Lipinski definition) is 1. The minimum absolute atomic E-state index is 0.101. The quantitative estimate of drug-likeness (QED) is 0.639. The minimum atomic E-state index is -0.678. The second-order valence-electron chi connectivity index (χ2n) is 6.68. The number of carbonyl (C=O) groups excluding carboxylic acids is 2. The van der Waals surface area contributed by atoms with Crippen LogP contribution in [0.5, 0.6) is 0 Å². The number of nitrogens with zero attached hydrogens (tertiary/aromatic N) is 1. The maximum absolute atomic E-state index is 12.0. The Hall–Kier alpha value is -2.37. The highest BCUT2D eigenvalue weighted by molar-refractivity contribution is 6.35. The molecule has 1 aromatic rings. The predicted molar refractivity (Wildman–Crippen MR) is 92.0 cm³/mol. The number of ether oxygens (including phenoxy) is 2. The minimum Gasteiger partial charge on any atom is -0.456 e. The van der Waals surface area contributed by atoms with Crippen molar-refractivity contribution < 1.29 is 19.1 Å². The van der Waals surface area contributed by atoms with Crippen molar-refractivity contribution in [2.75, 3.05) is 7.05 Å². The highest BCUT2D eigenvalue weighted by atomic mass is 16.6. The van der Waals surface area contributed by atoms with Crippen LogP contribution < -0.4 is 0 Å². The number of rotatable bonds is 6. The Morgan fingerprint density at radius 2 is 1.79 bits per heavy atom. The first-order chi connectivity index (χ1) is 11.1. The smallest absolute Gasteiger partial charge is 0.410 e. The van der Waals surface area contributed by atoms with Crippen molar-refractivity contribution in [2.45, 2.75) is 52.4 Å². The van der Waals surface area contributed by atoms with E-state index in [0.717, 1.165) is 5.56 Å². The molecule has 0 aliphatic rings. The van der Waals surface area contributed by atoms with E-state index in [0.29, 0.717) is 0 Å². The molecule has 0 saturated heterocycles. The molecule has 0 fully saturated rings. The second-order valence-corrected chi connectivity index (χ2v) is 6.68. The lowest BCUT2D eigenvalue weighted by Crippen LogP contribution is -2.41. The summed E-state index contributed by atoms with van der Waals surface area (Å²) in [5, 5.41) is 7.85. The van der Waals surface area contributed by atoms with E-state index in [2.05, 4.69) is 0 Å². The van der Waals surface area contributed by atoms with Crippen LogP contribution in [0.1, 0.15) is 39.7 Å². The monoisotopic (exact) mass is 334 g/mol. The molecule has 0 radical (unpaired) electrons. The molecule has 0 spiro atoms. The summed E-state index contributed by atoms with van der Waals surface area (Å²) in [6, 6.07) is 8.92. The third-order valence-electron chi connectivity index (χ3n) is 3.30. The summed E-state index contributed by atoms with van der Waals surface area (Å²) in [6.07, 6.45) is -0.385. The molecular weight excluding hydrogens is 308 g/mol. The van der Waals surface area contributed by atoms with Crippen molar-refractivity contribution >= 4 is 17.8 Å². The topological polar surface area (TPSA) is 79.7 Å². The van der Waals surface area contributed by atoms with E-state index in [1.165, 1.54) is 4.90 Å². The molecule has 0 heterocycles. The van der Waals surface area contributed by atoms with Crippen LogP contribution in [0.15, 0.2) is 30.3 Å². The first-order valence-electron chi connectivity index (χ1n) is 7.84. The van der Waals surface area contributed by atoms with Crippen LogP contribution >= 0.6 is 0 Å². The molecule has 0 bridgehead atoms. The van der Waals surface area contributed by atoms with Gasteiger partial charge in [0.1, 0.15) is 17.9 Å². The highest BCUT2D eigenvalue weighted by Gasteiger charge is 2.25. The van der Waals surface area contributed by atoms with E-state index in [9.17, 15) is 9.59 Å². The van der Waals surface area contributed by atoms with Gasteiger partial charge in [-0.2, -0.15) is 0 Å². The molecule has 0 saturated carbocycles. The summed E-state index contributed by atoms with van der Waals surface area (Å²) in [4.78, 5) is 25.3. The number of esters is 1. The van der Waals surface area contributed by atoms with Crippen molar-refractivity contribution in [1.29, 1.82) is 5.41 Å². The number of nitrogens with one attached hydrogen (secondary N) is 1. The van der Waals surface area contributed by atoms with E-state index in [1.54, 1.807) is 34.7 Å². The lowest BCUT2D eigenvalue weighted by Gasteiger charge is -2.28. The van der Waals surface area contributed by atoms with Crippen LogP contribution in [0.4, 0.5) is 4.79 Å². The first-order valence-corrected chi connectivity index (χ1v) is 7.84. The van der Waals surface area contributed by atoms with Gasteiger partial charge in [-0.15, -0.1) is 0 Å². The SMILES string of the molecule is C[C@@H](CC(=N)C(=O)OCc1ccccc1)N(C)C(=O)OC(C)(C)C. The first kappa shape index (κ1) is 19.7. The Morgan fingerprint density at radius 1 is 1.21 bits per heavy atom. The average molecular weight is 334 g/mol. The molecule has 6 heteroatoms. The maximum Gasteiger partial charge on any atom is 0.410 e. The molecule has 1 amide bonds. The van der Waals surface area contributed by atoms with Gasteiger partial charge in [0.25, 0.3) is 0 Å². The van der Waals surface area contributed by atoms with E-state index in [-0.39, 0.29) is 24.8 Å². The summed E-state index contributed by atoms with van der Waals surface area (Å²) < 4.78 is 10.4. The Kier molecular flexibility index (Phi) is 6.95. The van der Waals surface area contributed by atoms with Crippen LogP contribution in [-0.2, 0) is 20.9 Å². The van der Waals surface area contributed by atoms with Crippen LogP contribution in [0.3, 0.4) is 0 Å². The zero-order valence-corrected chi connectivity index (χ0v) is 15.0. The predicted octanol–water partition coefficient (Wildman–Crippen LogP) is 3.40. The van der Waals surface area contributed by atoms with Gasteiger partial charge >= 0.3 is 12.1 Å². The fraction of sp³-hybridized carbons (Fsp3) is 0.500. The van der Waals surface area contributed by atoms with Crippen molar-refractivity contribution in [1.82, 2.24) is 4.90 Å². The Morgan fingerprint density at radius 3 is 2.33 bits per heavy atom. The number of carbonyl (C=O) groups is 2. The lowest BCUT2D eigenvalue weighted by atomic mass is 10.1. The van der Waals surface area contributed by atoms with Gasteiger partial charge in [0.15, 0.2) is 0 Å². The molecule has 0 aromatic heterocycles. The van der Waals surface area contributed by atoms with Crippen molar-refractivity contribution in [3.05, 3.63) is 35.9 Å². The van der Waals surface area contributed by atoms with Gasteiger partial charge in [-0.05, 0) is 33.3 Å². The summed E-state index contributed by atoms with van der Waals surface area (Å²) >= 11 is 0. The molecule has 1 atom stereocenters. The Bertz CT molecular complexity index is 578. The molecule has 0 aliphatic carbocycles. The van der Waals surface area contributed by atoms with Gasteiger partial charge in [0.05, 0.1) is 0 Å². The molecule has 1 N–H and O–H groups in total. The molecule has 132 valence electrons.